The van der Waals surface area contributed by atoms with Gasteiger partial charge < -0.3 is 13.9 Å². The molecule has 2 unspecified atom stereocenters. The fourth-order valence-corrected chi connectivity index (χ4v) is 4.04. The van der Waals surface area contributed by atoms with Gasteiger partial charge in [-0.25, -0.2) is 0 Å². The van der Waals surface area contributed by atoms with Crippen LogP contribution >= 0.6 is 8.60 Å². The van der Waals surface area contributed by atoms with E-state index in [4.69, 9.17) is 9.05 Å². The third-order valence-electron chi connectivity index (χ3n) is 5.08. The van der Waals surface area contributed by atoms with Gasteiger partial charge in [0.05, 0.1) is 6.61 Å². The van der Waals surface area contributed by atoms with E-state index < -0.39 is 8.60 Å². The molecule has 3 nitrogen and oxygen atoms in total. The highest BCUT2D eigenvalue weighted by atomic mass is 31.2. The lowest BCUT2D eigenvalue weighted by atomic mass is 9.78. The summed E-state index contributed by atoms with van der Waals surface area (Å²) in [6, 6.07) is 4.30. The van der Waals surface area contributed by atoms with E-state index in [1.54, 1.807) is 0 Å². The zero-order valence-corrected chi connectivity index (χ0v) is 19.9. The van der Waals surface area contributed by atoms with Gasteiger partial charge in [0, 0.05) is 5.56 Å². The maximum atomic E-state index is 10.4. The molecule has 0 aliphatic carbocycles. The summed E-state index contributed by atoms with van der Waals surface area (Å²) in [5.41, 5.74) is 3.60. The maximum absolute atomic E-state index is 10.4. The van der Waals surface area contributed by atoms with E-state index >= 15 is 0 Å². The van der Waals surface area contributed by atoms with Gasteiger partial charge in [0.25, 0.3) is 0 Å². The van der Waals surface area contributed by atoms with Crippen LogP contribution in [0.4, 0.5) is 0 Å². The molecule has 27 heavy (non-hydrogen) atoms. The predicted octanol–water partition coefficient (Wildman–Crippen LogP) is 7.42. The van der Waals surface area contributed by atoms with Crippen molar-refractivity contribution in [2.45, 2.75) is 98.8 Å². The smallest absolute Gasteiger partial charge is 0.394 e. The summed E-state index contributed by atoms with van der Waals surface area (Å²) in [4.78, 5) is 10.4. The number of aryl methyl sites for hydroxylation is 1. The molecule has 156 valence electrons. The van der Waals surface area contributed by atoms with Crippen LogP contribution in [0.25, 0.3) is 0 Å². The van der Waals surface area contributed by atoms with E-state index in [-0.39, 0.29) is 10.8 Å². The molecule has 0 fully saturated rings. The minimum absolute atomic E-state index is 0.0662. The van der Waals surface area contributed by atoms with Crippen molar-refractivity contribution >= 4 is 8.60 Å². The van der Waals surface area contributed by atoms with Crippen LogP contribution in [0.3, 0.4) is 0 Å². The number of unbranched alkanes of at least 4 members (excludes halogenated alkanes) is 1. The minimum Gasteiger partial charge on any atom is -0.427 e. The van der Waals surface area contributed by atoms with Gasteiger partial charge in [0.1, 0.15) is 5.75 Å². The molecule has 0 saturated carbocycles. The molecule has 0 bridgehead atoms. The Morgan fingerprint density at radius 3 is 2.07 bits per heavy atom. The van der Waals surface area contributed by atoms with E-state index in [0.717, 1.165) is 24.2 Å². The normalized spacial score (nSPS) is 14.9. The lowest BCUT2D eigenvalue weighted by molar-refractivity contribution is 0.204. The molecule has 0 radical (unpaired) electrons. The quantitative estimate of drug-likeness (QED) is 0.441. The standard InChI is InChI=1S/C23H41O3P/c1-10-12-13-18(11-2)16-25-27(24)26-21-14-17(3)19(22(4,5)6)15-20(21)23(7,8)9/h14-15,18,24H,10-13,16H2,1-9H3. The molecular weight excluding hydrogens is 355 g/mol. The van der Waals surface area contributed by atoms with Gasteiger partial charge in [-0.1, -0.05) is 80.7 Å². The first kappa shape index (κ1) is 24.4. The first-order chi connectivity index (χ1) is 12.4. The van der Waals surface area contributed by atoms with Crippen LogP contribution in [-0.4, -0.2) is 11.5 Å². The van der Waals surface area contributed by atoms with Gasteiger partial charge in [-0.2, -0.15) is 0 Å². The Labute approximate surface area is 168 Å². The second-order valence-corrected chi connectivity index (χ2v) is 10.6. The fraction of sp³-hybridized carbons (Fsp3) is 0.739. The summed E-state index contributed by atoms with van der Waals surface area (Å²) in [7, 11) is -1.92. The van der Waals surface area contributed by atoms with Crippen molar-refractivity contribution in [1.82, 2.24) is 0 Å². The monoisotopic (exact) mass is 396 g/mol. The lowest BCUT2D eigenvalue weighted by Crippen LogP contribution is -2.18. The topological polar surface area (TPSA) is 38.7 Å². The molecule has 0 amide bonds. The Kier molecular flexibility index (Phi) is 9.25. The second kappa shape index (κ2) is 10.2. The zero-order valence-electron chi connectivity index (χ0n) is 19.0. The summed E-state index contributed by atoms with van der Waals surface area (Å²) in [5.74, 6) is 1.22. The molecule has 0 aliphatic heterocycles. The average molecular weight is 397 g/mol. The number of hydrogen-bond donors (Lipinski definition) is 1. The van der Waals surface area contributed by atoms with Gasteiger partial charge >= 0.3 is 8.60 Å². The van der Waals surface area contributed by atoms with Crippen molar-refractivity contribution in [2.75, 3.05) is 6.61 Å². The molecule has 0 saturated heterocycles. The van der Waals surface area contributed by atoms with E-state index in [0.29, 0.717) is 12.5 Å². The molecular formula is C23H41O3P. The molecule has 0 heterocycles. The highest BCUT2D eigenvalue weighted by Gasteiger charge is 2.26. The SMILES string of the molecule is CCCCC(CC)COP(O)Oc1cc(C)c(C(C)(C)C)cc1C(C)(C)C. The molecule has 0 aromatic heterocycles. The minimum atomic E-state index is -1.92. The fourth-order valence-electron chi connectivity index (χ4n) is 3.33. The van der Waals surface area contributed by atoms with E-state index in [1.165, 1.54) is 24.0 Å². The van der Waals surface area contributed by atoms with Gasteiger partial charge in [0.2, 0.25) is 0 Å². The second-order valence-electron chi connectivity index (χ2n) is 9.70. The Hall–Kier alpha value is -0.630. The number of rotatable bonds is 9. The Bertz CT molecular complexity index is 585. The van der Waals surface area contributed by atoms with Gasteiger partial charge in [-0.15, -0.1) is 0 Å². The number of hydrogen-bond acceptors (Lipinski definition) is 3. The van der Waals surface area contributed by atoms with Crippen molar-refractivity contribution in [1.29, 1.82) is 0 Å². The zero-order chi connectivity index (χ0) is 20.8. The van der Waals surface area contributed by atoms with Crippen LogP contribution in [0, 0.1) is 12.8 Å². The van der Waals surface area contributed by atoms with Crippen LogP contribution < -0.4 is 4.52 Å². The van der Waals surface area contributed by atoms with Crippen molar-refractivity contribution in [3.63, 3.8) is 0 Å². The summed E-state index contributed by atoms with van der Waals surface area (Å²) < 4.78 is 11.6. The summed E-state index contributed by atoms with van der Waals surface area (Å²) >= 11 is 0. The third-order valence-corrected chi connectivity index (χ3v) is 5.81. The van der Waals surface area contributed by atoms with Crippen molar-refractivity contribution in [3.8, 4) is 5.75 Å². The van der Waals surface area contributed by atoms with Gasteiger partial charge in [-0.05, 0) is 47.3 Å². The molecule has 1 rings (SSSR count). The van der Waals surface area contributed by atoms with Crippen LogP contribution in [0.2, 0.25) is 0 Å². The summed E-state index contributed by atoms with van der Waals surface area (Å²) in [6.07, 6.45) is 4.60. The molecule has 4 heteroatoms. The first-order valence-corrected chi connectivity index (χ1v) is 11.5. The average Bonchev–Trinajstić information content (AvgIpc) is 2.52. The predicted molar refractivity (Wildman–Crippen MR) is 118 cm³/mol. The number of benzene rings is 1. The Morgan fingerprint density at radius 2 is 1.59 bits per heavy atom. The molecule has 0 aliphatic rings. The molecule has 0 spiro atoms. The molecule has 1 aromatic carbocycles. The largest absolute Gasteiger partial charge is 0.427 e. The highest BCUT2D eigenvalue weighted by Crippen LogP contribution is 2.43. The van der Waals surface area contributed by atoms with Crippen molar-refractivity contribution < 1.29 is 13.9 Å². The maximum Gasteiger partial charge on any atom is 0.394 e. The molecule has 2 atom stereocenters. The van der Waals surface area contributed by atoms with Gasteiger partial charge in [0.15, 0.2) is 0 Å². The van der Waals surface area contributed by atoms with Crippen molar-refractivity contribution in [2.24, 2.45) is 5.92 Å². The molecule has 1 aromatic rings. The van der Waals surface area contributed by atoms with Crippen LogP contribution in [0.1, 0.15) is 97.8 Å². The van der Waals surface area contributed by atoms with Crippen LogP contribution in [0.5, 0.6) is 5.75 Å². The van der Waals surface area contributed by atoms with E-state index in [1.807, 2.05) is 0 Å². The summed E-state index contributed by atoms with van der Waals surface area (Å²) in [6.45, 7) is 20.3. The highest BCUT2D eigenvalue weighted by molar-refractivity contribution is 7.41. The third kappa shape index (κ3) is 7.72. The van der Waals surface area contributed by atoms with Crippen LogP contribution in [-0.2, 0) is 15.4 Å². The first-order valence-electron chi connectivity index (χ1n) is 10.4. The van der Waals surface area contributed by atoms with Gasteiger partial charge in [-0.3, -0.25) is 0 Å². The van der Waals surface area contributed by atoms with Crippen molar-refractivity contribution in [3.05, 3.63) is 28.8 Å². The Balaban J connectivity index is 2.97. The van der Waals surface area contributed by atoms with Crippen LogP contribution in [0.15, 0.2) is 12.1 Å². The molecule has 1 N–H and O–H groups in total. The Morgan fingerprint density at radius 1 is 1.00 bits per heavy atom. The van der Waals surface area contributed by atoms with E-state index in [9.17, 15) is 4.89 Å². The van der Waals surface area contributed by atoms with E-state index in [2.05, 4.69) is 74.4 Å². The summed E-state index contributed by atoms with van der Waals surface area (Å²) in [5, 5.41) is 0. The lowest BCUT2D eigenvalue weighted by Gasteiger charge is -2.29.